The zero-order valence-electron chi connectivity index (χ0n) is 13.2. The standard InChI is InChI=1S/C17H22N2O4/c1-12(20)18-13-4-6-14(7-5-13)19-15(21)10-17(11-16(22)23)8-2-3-9-17/h4-7H,2-3,8-11H2,1H3,(H,18,20)(H,19,21)(H,22,23)/p-1. The van der Waals surface area contributed by atoms with Crippen LogP contribution in [0.15, 0.2) is 24.3 Å². The molecule has 2 N–H and O–H groups in total. The number of amides is 2. The SMILES string of the molecule is CC(=O)Nc1ccc(NC(=O)CC2(CC(=O)[O-])CCCC2)cc1. The third kappa shape index (κ3) is 5.09. The third-order valence-electron chi connectivity index (χ3n) is 4.21. The normalized spacial score (nSPS) is 15.9. The van der Waals surface area contributed by atoms with Crippen molar-refractivity contribution in [1.29, 1.82) is 0 Å². The fourth-order valence-electron chi connectivity index (χ4n) is 3.23. The molecular formula is C17H21N2O4-. The van der Waals surface area contributed by atoms with Crippen molar-refractivity contribution in [1.82, 2.24) is 0 Å². The Balaban J connectivity index is 1.95. The Labute approximate surface area is 135 Å². The zero-order chi connectivity index (χ0) is 16.9. The van der Waals surface area contributed by atoms with Gasteiger partial charge in [-0.05, 0) is 48.9 Å². The lowest BCUT2D eigenvalue weighted by Gasteiger charge is -2.28. The number of carboxylic acids is 1. The van der Waals surface area contributed by atoms with E-state index in [0.717, 1.165) is 25.7 Å². The van der Waals surface area contributed by atoms with Gasteiger partial charge >= 0.3 is 0 Å². The predicted octanol–water partition coefficient (Wildman–Crippen LogP) is 1.67. The van der Waals surface area contributed by atoms with E-state index in [4.69, 9.17) is 0 Å². The summed E-state index contributed by atoms with van der Waals surface area (Å²) in [5, 5.41) is 16.4. The minimum absolute atomic E-state index is 0.0676. The fourth-order valence-corrected chi connectivity index (χ4v) is 3.23. The van der Waals surface area contributed by atoms with Crippen molar-refractivity contribution in [3.63, 3.8) is 0 Å². The number of carbonyl (C=O) groups excluding carboxylic acids is 3. The van der Waals surface area contributed by atoms with Crippen molar-refractivity contribution >= 4 is 29.2 Å². The first-order valence-corrected chi connectivity index (χ1v) is 7.76. The highest BCUT2D eigenvalue weighted by atomic mass is 16.4. The second kappa shape index (κ2) is 7.26. The number of carbonyl (C=O) groups is 3. The number of carboxylic acid groups (broad SMARTS) is 1. The van der Waals surface area contributed by atoms with Crippen LogP contribution in [-0.2, 0) is 14.4 Å². The Bertz CT molecular complexity index is 589. The summed E-state index contributed by atoms with van der Waals surface area (Å²) in [5.74, 6) is -1.45. The molecule has 2 amide bonds. The van der Waals surface area contributed by atoms with Gasteiger partial charge in [-0.2, -0.15) is 0 Å². The van der Waals surface area contributed by atoms with Gasteiger partial charge in [0.1, 0.15) is 0 Å². The van der Waals surface area contributed by atoms with Gasteiger partial charge in [-0.15, -0.1) is 0 Å². The van der Waals surface area contributed by atoms with Crippen LogP contribution in [0.2, 0.25) is 0 Å². The smallest absolute Gasteiger partial charge is 0.224 e. The monoisotopic (exact) mass is 317 g/mol. The highest BCUT2D eigenvalue weighted by molar-refractivity contribution is 5.92. The summed E-state index contributed by atoms with van der Waals surface area (Å²) >= 11 is 0. The van der Waals surface area contributed by atoms with Gasteiger partial charge in [0.25, 0.3) is 0 Å². The molecule has 1 aromatic carbocycles. The summed E-state index contributed by atoms with van der Waals surface area (Å²) in [7, 11) is 0. The molecule has 1 aliphatic rings. The zero-order valence-corrected chi connectivity index (χ0v) is 13.2. The average molecular weight is 317 g/mol. The maximum Gasteiger partial charge on any atom is 0.224 e. The van der Waals surface area contributed by atoms with E-state index in [1.54, 1.807) is 24.3 Å². The number of benzene rings is 1. The van der Waals surface area contributed by atoms with E-state index in [-0.39, 0.29) is 24.7 Å². The van der Waals surface area contributed by atoms with Crippen LogP contribution < -0.4 is 15.7 Å². The fraction of sp³-hybridized carbons (Fsp3) is 0.471. The topological polar surface area (TPSA) is 98.3 Å². The first-order valence-electron chi connectivity index (χ1n) is 7.76. The van der Waals surface area contributed by atoms with Crippen LogP contribution in [0, 0.1) is 5.41 Å². The Hall–Kier alpha value is -2.37. The molecule has 124 valence electrons. The number of rotatable bonds is 6. The van der Waals surface area contributed by atoms with Crippen LogP contribution in [0.5, 0.6) is 0 Å². The van der Waals surface area contributed by atoms with Gasteiger partial charge in [0.15, 0.2) is 0 Å². The van der Waals surface area contributed by atoms with Gasteiger partial charge in [0.2, 0.25) is 11.8 Å². The molecule has 2 rings (SSSR count). The molecule has 1 saturated carbocycles. The van der Waals surface area contributed by atoms with Crippen LogP contribution in [0.4, 0.5) is 11.4 Å². The van der Waals surface area contributed by atoms with Crippen molar-refractivity contribution in [3.05, 3.63) is 24.3 Å². The number of anilines is 2. The molecule has 0 radical (unpaired) electrons. The molecule has 0 atom stereocenters. The van der Waals surface area contributed by atoms with Crippen LogP contribution in [0.3, 0.4) is 0 Å². The molecule has 0 saturated heterocycles. The average Bonchev–Trinajstić information content (AvgIpc) is 2.87. The van der Waals surface area contributed by atoms with Crippen molar-refractivity contribution < 1.29 is 19.5 Å². The number of nitrogens with one attached hydrogen (secondary N) is 2. The highest BCUT2D eigenvalue weighted by Gasteiger charge is 2.36. The van der Waals surface area contributed by atoms with Crippen LogP contribution in [0.1, 0.15) is 45.4 Å². The summed E-state index contributed by atoms with van der Waals surface area (Å²) in [4.78, 5) is 34.1. The van der Waals surface area contributed by atoms with Gasteiger partial charge in [0.05, 0.1) is 0 Å². The number of aliphatic carboxylic acids is 1. The molecule has 0 aromatic heterocycles. The van der Waals surface area contributed by atoms with Crippen molar-refractivity contribution in [3.8, 4) is 0 Å². The summed E-state index contributed by atoms with van der Waals surface area (Å²) in [6.07, 6.45) is 3.51. The molecule has 0 aliphatic heterocycles. The predicted molar refractivity (Wildman–Crippen MR) is 84.5 cm³/mol. The Morgan fingerprint density at radius 2 is 1.52 bits per heavy atom. The summed E-state index contributed by atoms with van der Waals surface area (Å²) in [6, 6.07) is 6.79. The Kier molecular flexibility index (Phi) is 5.36. The van der Waals surface area contributed by atoms with E-state index in [1.165, 1.54) is 6.92 Å². The lowest BCUT2D eigenvalue weighted by molar-refractivity contribution is -0.308. The van der Waals surface area contributed by atoms with E-state index in [2.05, 4.69) is 10.6 Å². The van der Waals surface area contributed by atoms with Gasteiger partial charge in [0, 0.05) is 30.7 Å². The van der Waals surface area contributed by atoms with Crippen molar-refractivity contribution in [2.24, 2.45) is 5.41 Å². The summed E-state index contributed by atoms with van der Waals surface area (Å²) in [6.45, 7) is 1.42. The van der Waals surface area contributed by atoms with Gasteiger partial charge in [-0.1, -0.05) is 12.8 Å². The number of hydrogen-bond donors (Lipinski definition) is 2. The lowest BCUT2D eigenvalue weighted by atomic mass is 9.79. The molecule has 1 fully saturated rings. The Morgan fingerprint density at radius 3 is 2.00 bits per heavy atom. The van der Waals surface area contributed by atoms with E-state index < -0.39 is 11.4 Å². The summed E-state index contributed by atoms with van der Waals surface area (Å²) < 4.78 is 0. The lowest BCUT2D eigenvalue weighted by Crippen LogP contribution is -2.33. The molecular weight excluding hydrogens is 296 g/mol. The first-order chi connectivity index (χ1) is 10.9. The van der Waals surface area contributed by atoms with E-state index in [0.29, 0.717) is 11.4 Å². The van der Waals surface area contributed by atoms with Gasteiger partial charge < -0.3 is 20.5 Å². The highest BCUT2D eigenvalue weighted by Crippen LogP contribution is 2.44. The molecule has 6 nitrogen and oxygen atoms in total. The third-order valence-corrected chi connectivity index (χ3v) is 4.21. The maximum absolute atomic E-state index is 12.2. The molecule has 0 bridgehead atoms. The molecule has 6 heteroatoms. The van der Waals surface area contributed by atoms with Crippen molar-refractivity contribution in [2.75, 3.05) is 10.6 Å². The molecule has 0 unspecified atom stereocenters. The quantitative estimate of drug-likeness (QED) is 0.834. The maximum atomic E-state index is 12.2. The summed E-state index contributed by atoms with van der Waals surface area (Å²) in [5.41, 5.74) is 0.796. The van der Waals surface area contributed by atoms with Crippen LogP contribution in [0.25, 0.3) is 0 Å². The molecule has 1 aromatic rings. The molecule has 23 heavy (non-hydrogen) atoms. The minimum atomic E-state index is -1.10. The van der Waals surface area contributed by atoms with Crippen molar-refractivity contribution in [2.45, 2.75) is 45.4 Å². The molecule has 0 heterocycles. The van der Waals surface area contributed by atoms with Crippen LogP contribution >= 0.6 is 0 Å². The van der Waals surface area contributed by atoms with Gasteiger partial charge in [-0.3, -0.25) is 9.59 Å². The minimum Gasteiger partial charge on any atom is -0.550 e. The molecule has 0 spiro atoms. The van der Waals surface area contributed by atoms with Gasteiger partial charge in [-0.25, -0.2) is 0 Å². The Morgan fingerprint density at radius 1 is 1.00 bits per heavy atom. The van der Waals surface area contributed by atoms with E-state index in [9.17, 15) is 19.5 Å². The van der Waals surface area contributed by atoms with Crippen LogP contribution in [-0.4, -0.2) is 17.8 Å². The molecule has 1 aliphatic carbocycles. The first kappa shape index (κ1) is 17.0. The van der Waals surface area contributed by atoms with E-state index in [1.807, 2.05) is 0 Å². The number of hydrogen-bond acceptors (Lipinski definition) is 4. The largest absolute Gasteiger partial charge is 0.550 e. The second-order valence-corrected chi connectivity index (χ2v) is 6.24. The second-order valence-electron chi connectivity index (χ2n) is 6.24. The van der Waals surface area contributed by atoms with E-state index >= 15 is 0 Å².